The molecule has 1 aromatic carbocycles. The third-order valence-electron chi connectivity index (χ3n) is 3.03. The number of hydrogen-bond acceptors (Lipinski definition) is 4. The van der Waals surface area contributed by atoms with Crippen LogP contribution in [0.3, 0.4) is 0 Å². The summed E-state index contributed by atoms with van der Waals surface area (Å²) in [6.07, 6.45) is 1.52. The molecule has 0 heterocycles. The van der Waals surface area contributed by atoms with E-state index < -0.39 is 5.51 Å². The largest absolute Gasteiger partial charge is 0.446 e. The van der Waals surface area contributed by atoms with Crippen molar-refractivity contribution in [3.05, 3.63) is 29.8 Å². The van der Waals surface area contributed by atoms with Crippen molar-refractivity contribution in [2.45, 2.75) is 42.3 Å². The second kappa shape index (κ2) is 8.63. The van der Waals surface area contributed by atoms with Crippen LogP contribution in [0, 0.1) is 0 Å². The normalized spacial score (nSPS) is 15.0. The molecule has 0 fully saturated rings. The molecular formula is C14H21F3N2OS. The summed E-state index contributed by atoms with van der Waals surface area (Å²) in [5.74, 6) is 0. The first-order chi connectivity index (χ1) is 9.85. The first-order valence-corrected chi connectivity index (χ1v) is 7.60. The quantitative estimate of drug-likeness (QED) is 0.644. The third-order valence-corrected chi connectivity index (χ3v) is 3.77. The average Bonchev–Trinajstić information content (AvgIpc) is 2.42. The Morgan fingerprint density at radius 1 is 1.29 bits per heavy atom. The monoisotopic (exact) mass is 322 g/mol. The molecule has 0 bridgehead atoms. The van der Waals surface area contributed by atoms with Gasteiger partial charge in [0.05, 0.1) is 0 Å². The van der Waals surface area contributed by atoms with E-state index in [-0.39, 0.29) is 35.3 Å². The van der Waals surface area contributed by atoms with E-state index in [4.69, 9.17) is 10.8 Å². The van der Waals surface area contributed by atoms with E-state index in [9.17, 15) is 13.2 Å². The minimum Gasteiger partial charge on any atom is -0.396 e. The Hall–Kier alpha value is -0.760. The van der Waals surface area contributed by atoms with Crippen LogP contribution in [-0.2, 0) is 0 Å². The smallest absolute Gasteiger partial charge is 0.396 e. The fourth-order valence-corrected chi connectivity index (χ4v) is 2.57. The Labute approximate surface area is 127 Å². The highest BCUT2D eigenvalue weighted by Gasteiger charge is 2.29. The van der Waals surface area contributed by atoms with Gasteiger partial charge >= 0.3 is 5.51 Å². The molecule has 1 rings (SSSR count). The van der Waals surface area contributed by atoms with Gasteiger partial charge in [-0.25, -0.2) is 0 Å². The topological polar surface area (TPSA) is 58.3 Å². The van der Waals surface area contributed by atoms with Crippen molar-refractivity contribution in [1.82, 2.24) is 5.32 Å². The van der Waals surface area contributed by atoms with Crippen LogP contribution < -0.4 is 11.1 Å². The van der Waals surface area contributed by atoms with Gasteiger partial charge < -0.3 is 16.2 Å². The van der Waals surface area contributed by atoms with Crippen molar-refractivity contribution in [3.8, 4) is 0 Å². The molecule has 7 heteroatoms. The number of halogens is 3. The second-order valence-corrected chi connectivity index (χ2v) is 5.98. The summed E-state index contributed by atoms with van der Waals surface area (Å²) in [5, 5.41) is 12.1. The van der Waals surface area contributed by atoms with E-state index in [1.54, 1.807) is 12.1 Å². The summed E-state index contributed by atoms with van der Waals surface area (Å²) in [5.41, 5.74) is 2.31. The number of hydrogen-bond donors (Lipinski definition) is 3. The molecule has 2 unspecified atom stereocenters. The summed E-state index contributed by atoms with van der Waals surface area (Å²) in [4.78, 5) is 0.162. The second-order valence-electron chi connectivity index (χ2n) is 4.84. The number of aliphatic hydroxyl groups is 1. The third kappa shape index (κ3) is 7.17. The Kier molecular flexibility index (Phi) is 7.51. The first kappa shape index (κ1) is 18.3. The van der Waals surface area contributed by atoms with Crippen molar-refractivity contribution < 1.29 is 18.3 Å². The Morgan fingerprint density at radius 2 is 1.90 bits per heavy atom. The summed E-state index contributed by atoms with van der Waals surface area (Å²) < 4.78 is 36.8. The molecule has 0 saturated heterocycles. The van der Waals surface area contributed by atoms with E-state index >= 15 is 0 Å². The predicted molar refractivity (Wildman–Crippen MR) is 79.1 cm³/mol. The fourth-order valence-electron chi connectivity index (χ4n) is 2.03. The van der Waals surface area contributed by atoms with Gasteiger partial charge in [0.25, 0.3) is 0 Å². The molecule has 2 atom stereocenters. The van der Waals surface area contributed by atoms with Gasteiger partial charge in [-0.3, -0.25) is 0 Å². The first-order valence-electron chi connectivity index (χ1n) is 6.78. The van der Waals surface area contributed by atoms with Gasteiger partial charge in [-0.15, -0.1) is 0 Å². The van der Waals surface area contributed by atoms with E-state index in [1.807, 2.05) is 6.92 Å². The number of nitrogens with two attached hydrogens (primary N) is 1. The zero-order chi connectivity index (χ0) is 15.9. The van der Waals surface area contributed by atoms with Crippen LogP contribution in [0.4, 0.5) is 13.2 Å². The highest BCUT2D eigenvalue weighted by Crippen LogP contribution is 2.37. The van der Waals surface area contributed by atoms with Crippen molar-refractivity contribution in [2.75, 3.05) is 13.2 Å². The molecule has 0 radical (unpaired) electrons. The minimum absolute atomic E-state index is 0.108. The fraction of sp³-hybridized carbons (Fsp3) is 0.571. The Morgan fingerprint density at radius 3 is 2.38 bits per heavy atom. The predicted octanol–water partition coefficient (Wildman–Crippen LogP) is 3.05. The zero-order valence-corrected chi connectivity index (χ0v) is 12.7. The van der Waals surface area contributed by atoms with Crippen LogP contribution in [-0.4, -0.2) is 29.8 Å². The molecule has 0 aliphatic carbocycles. The van der Waals surface area contributed by atoms with Crippen LogP contribution in [0.15, 0.2) is 29.2 Å². The van der Waals surface area contributed by atoms with Gasteiger partial charge in [-0.2, -0.15) is 13.2 Å². The Balaban J connectivity index is 2.64. The lowest BCUT2D eigenvalue weighted by Gasteiger charge is -2.22. The lowest BCUT2D eigenvalue weighted by molar-refractivity contribution is -0.0328. The summed E-state index contributed by atoms with van der Waals surface area (Å²) in [7, 11) is 0. The molecule has 4 N–H and O–H groups in total. The summed E-state index contributed by atoms with van der Waals surface area (Å²) >= 11 is -0.126. The van der Waals surface area contributed by atoms with E-state index in [2.05, 4.69) is 5.32 Å². The lowest BCUT2D eigenvalue weighted by Crippen LogP contribution is -2.35. The van der Waals surface area contributed by atoms with E-state index in [0.717, 1.165) is 12.0 Å². The Bertz CT molecular complexity index is 412. The van der Waals surface area contributed by atoms with Crippen molar-refractivity contribution in [2.24, 2.45) is 5.73 Å². The molecule has 3 nitrogen and oxygen atoms in total. The van der Waals surface area contributed by atoms with Gasteiger partial charge in [0.1, 0.15) is 0 Å². The molecular weight excluding hydrogens is 301 g/mol. The summed E-state index contributed by atoms with van der Waals surface area (Å²) in [6, 6.07) is 6.31. The summed E-state index contributed by atoms with van der Waals surface area (Å²) in [6.45, 7) is 2.49. The maximum absolute atomic E-state index is 12.3. The molecule has 21 heavy (non-hydrogen) atoms. The van der Waals surface area contributed by atoms with Crippen molar-refractivity contribution in [3.63, 3.8) is 0 Å². The SMILES string of the molecule is CC(CCCO)NC(CN)c1ccc(SC(F)(F)F)cc1. The molecule has 0 aliphatic rings. The number of aliphatic hydroxyl groups excluding tert-OH is 1. The van der Waals surface area contributed by atoms with Gasteiger partial charge in [-0.1, -0.05) is 12.1 Å². The molecule has 0 aromatic heterocycles. The average molecular weight is 322 g/mol. The van der Waals surface area contributed by atoms with Crippen LogP contribution in [0.1, 0.15) is 31.4 Å². The van der Waals surface area contributed by atoms with Crippen LogP contribution in [0.2, 0.25) is 0 Å². The number of rotatable bonds is 8. The number of thioether (sulfide) groups is 1. The van der Waals surface area contributed by atoms with Crippen LogP contribution in [0.5, 0.6) is 0 Å². The maximum Gasteiger partial charge on any atom is 0.446 e. The van der Waals surface area contributed by atoms with Gasteiger partial charge in [0.2, 0.25) is 0 Å². The number of nitrogens with one attached hydrogen (secondary N) is 1. The molecule has 0 spiro atoms. The zero-order valence-electron chi connectivity index (χ0n) is 11.9. The molecule has 120 valence electrons. The molecule has 1 aromatic rings. The van der Waals surface area contributed by atoms with Crippen molar-refractivity contribution >= 4 is 11.8 Å². The highest BCUT2D eigenvalue weighted by atomic mass is 32.2. The highest BCUT2D eigenvalue weighted by molar-refractivity contribution is 8.00. The number of alkyl halides is 3. The van der Waals surface area contributed by atoms with Gasteiger partial charge in [0.15, 0.2) is 0 Å². The van der Waals surface area contributed by atoms with Gasteiger partial charge in [0, 0.05) is 30.1 Å². The van der Waals surface area contributed by atoms with E-state index in [1.165, 1.54) is 12.1 Å². The molecule has 0 amide bonds. The standard InChI is InChI=1S/C14H21F3N2OS/c1-10(3-2-8-20)19-13(9-18)11-4-6-12(7-5-11)21-14(15,16)17/h4-7,10,13,19-20H,2-3,8-9,18H2,1H3. The van der Waals surface area contributed by atoms with Crippen LogP contribution >= 0.6 is 11.8 Å². The van der Waals surface area contributed by atoms with Crippen molar-refractivity contribution in [1.29, 1.82) is 0 Å². The maximum atomic E-state index is 12.3. The minimum atomic E-state index is -4.27. The lowest BCUT2D eigenvalue weighted by atomic mass is 10.0. The number of benzene rings is 1. The van der Waals surface area contributed by atoms with Gasteiger partial charge in [-0.05, 0) is 49.2 Å². The van der Waals surface area contributed by atoms with Crippen LogP contribution in [0.25, 0.3) is 0 Å². The van der Waals surface area contributed by atoms with E-state index in [0.29, 0.717) is 13.0 Å². The molecule has 0 saturated carbocycles. The molecule has 0 aliphatic heterocycles.